The van der Waals surface area contributed by atoms with Crippen molar-refractivity contribution in [3.63, 3.8) is 0 Å². The highest BCUT2D eigenvalue weighted by atomic mass is 16.5. The fourth-order valence-corrected chi connectivity index (χ4v) is 1.02. The van der Waals surface area contributed by atoms with Gasteiger partial charge in [0.05, 0.1) is 6.61 Å². The molecule has 0 aromatic carbocycles. The first-order valence-corrected chi connectivity index (χ1v) is 4.59. The molecule has 0 fully saturated rings. The highest BCUT2D eigenvalue weighted by Crippen LogP contribution is 2.09. The number of H-pyrrole nitrogens is 1. The zero-order valence-corrected chi connectivity index (χ0v) is 8.53. The summed E-state index contributed by atoms with van der Waals surface area (Å²) in [7, 11) is 0. The molecule has 1 aromatic heterocycles. The second-order valence-electron chi connectivity index (χ2n) is 2.78. The van der Waals surface area contributed by atoms with Crippen molar-refractivity contribution < 1.29 is 14.6 Å². The van der Waals surface area contributed by atoms with Crippen molar-refractivity contribution in [1.29, 1.82) is 0 Å². The van der Waals surface area contributed by atoms with Crippen LogP contribution in [0.25, 0.3) is 0 Å². The summed E-state index contributed by atoms with van der Waals surface area (Å²) in [5.41, 5.74) is -1.07. The molecule has 2 N–H and O–H groups in total. The molecule has 15 heavy (non-hydrogen) atoms. The van der Waals surface area contributed by atoms with Crippen LogP contribution in [0.4, 0.5) is 0 Å². The van der Waals surface area contributed by atoms with Crippen LogP contribution in [0.1, 0.15) is 30.2 Å². The Morgan fingerprint density at radius 1 is 1.53 bits per heavy atom. The fourth-order valence-electron chi connectivity index (χ4n) is 1.02. The van der Waals surface area contributed by atoms with Crippen LogP contribution >= 0.6 is 0 Å². The van der Waals surface area contributed by atoms with Crippen molar-refractivity contribution in [2.45, 2.75) is 20.3 Å². The van der Waals surface area contributed by atoms with Gasteiger partial charge in [0.25, 0.3) is 5.56 Å². The van der Waals surface area contributed by atoms with Gasteiger partial charge in [0.15, 0.2) is 5.69 Å². The van der Waals surface area contributed by atoms with Crippen LogP contribution < -0.4 is 5.56 Å². The lowest BCUT2D eigenvalue weighted by molar-refractivity contribution is 0.0514. The Hall–Kier alpha value is -1.85. The molecule has 0 saturated carbocycles. The summed E-state index contributed by atoms with van der Waals surface area (Å²) in [4.78, 5) is 28.6. The zero-order chi connectivity index (χ0) is 11.4. The van der Waals surface area contributed by atoms with E-state index < -0.39 is 17.3 Å². The minimum Gasteiger partial charge on any atom is -0.501 e. The predicted octanol–water partition coefficient (Wildman–Crippen LogP) is 0.215. The molecule has 0 aliphatic carbocycles. The highest BCUT2D eigenvalue weighted by molar-refractivity contribution is 5.89. The third kappa shape index (κ3) is 2.34. The van der Waals surface area contributed by atoms with Crippen molar-refractivity contribution in [1.82, 2.24) is 9.97 Å². The monoisotopic (exact) mass is 212 g/mol. The molecule has 82 valence electrons. The minimum atomic E-state index is -0.796. The van der Waals surface area contributed by atoms with Crippen LogP contribution in [0, 0.1) is 0 Å². The molecule has 0 atom stereocenters. The molecule has 0 spiro atoms. The predicted molar refractivity (Wildman–Crippen MR) is 51.9 cm³/mol. The van der Waals surface area contributed by atoms with Gasteiger partial charge in [0.2, 0.25) is 5.75 Å². The maximum Gasteiger partial charge on any atom is 0.361 e. The summed E-state index contributed by atoms with van der Waals surface area (Å²) in [5.74, 6) is -1.16. The lowest BCUT2D eigenvalue weighted by Crippen LogP contribution is -2.18. The molecule has 0 aliphatic rings. The second kappa shape index (κ2) is 4.59. The number of nitrogens with zero attached hydrogens (tertiary/aromatic N) is 1. The maximum absolute atomic E-state index is 11.3. The van der Waals surface area contributed by atoms with Crippen molar-refractivity contribution in [3.8, 4) is 5.75 Å². The molecule has 1 rings (SSSR count). The zero-order valence-electron chi connectivity index (χ0n) is 8.53. The van der Waals surface area contributed by atoms with Gasteiger partial charge in [-0.15, -0.1) is 0 Å². The maximum atomic E-state index is 11.3. The molecular formula is C9H12N2O4. The Morgan fingerprint density at radius 3 is 2.73 bits per heavy atom. The van der Waals surface area contributed by atoms with Gasteiger partial charge in [0, 0.05) is 6.42 Å². The molecule has 0 unspecified atom stereocenters. The Labute approximate surface area is 85.9 Å². The second-order valence-corrected chi connectivity index (χ2v) is 2.78. The Kier molecular flexibility index (Phi) is 3.43. The normalized spacial score (nSPS) is 10.0. The number of aromatic hydroxyl groups is 1. The number of hydrogen-bond acceptors (Lipinski definition) is 5. The topological polar surface area (TPSA) is 92.3 Å². The largest absolute Gasteiger partial charge is 0.501 e. The smallest absolute Gasteiger partial charge is 0.361 e. The third-order valence-corrected chi connectivity index (χ3v) is 1.75. The molecule has 0 saturated heterocycles. The number of carbonyl (C=O) groups excluding carboxylic acids is 1. The van der Waals surface area contributed by atoms with E-state index in [-0.39, 0.29) is 12.3 Å². The first kappa shape index (κ1) is 11.2. The SMILES string of the molecule is CCOC(=O)c1nc(CC)[nH]c(=O)c1O. The van der Waals surface area contributed by atoms with E-state index in [1.54, 1.807) is 13.8 Å². The van der Waals surface area contributed by atoms with Gasteiger partial charge in [-0.2, -0.15) is 0 Å². The van der Waals surface area contributed by atoms with Gasteiger partial charge in [-0.05, 0) is 6.92 Å². The number of aromatic amines is 1. The number of esters is 1. The summed E-state index contributed by atoms with van der Waals surface area (Å²) >= 11 is 0. The van der Waals surface area contributed by atoms with Gasteiger partial charge in [-0.3, -0.25) is 4.79 Å². The van der Waals surface area contributed by atoms with Gasteiger partial charge >= 0.3 is 5.97 Å². The Bertz CT molecular complexity index is 425. The van der Waals surface area contributed by atoms with Crippen LogP contribution in [0.15, 0.2) is 4.79 Å². The minimum absolute atomic E-state index is 0.161. The van der Waals surface area contributed by atoms with E-state index in [1.165, 1.54) is 0 Å². The van der Waals surface area contributed by atoms with Gasteiger partial charge < -0.3 is 14.8 Å². The molecule has 0 aliphatic heterocycles. The van der Waals surface area contributed by atoms with Crippen LogP contribution in [0.5, 0.6) is 5.75 Å². The number of nitrogens with one attached hydrogen (secondary N) is 1. The summed E-state index contributed by atoms with van der Waals surface area (Å²) in [5, 5.41) is 9.31. The van der Waals surface area contributed by atoms with Gasteiger partial charge in [0.1, 0.15) is 5.82 Å². The average molecular weight is 212 g/mol. The number of ether oxygens (including phenoxy) is 1. The first-order valence-electron chi connectivity index (χ1n) is 4.59. The lowest BCUT2D eigenvalue weighted by Gasteiger charge is -2.04. The van der Waals surface area contributed by atoms with Gasteiger partial charge in [-0.1, -0.05) is 6.92 Å². The van der Waals surface area contributed by atoms with E-state index in [0.717, 1.165) is 0 Å². The standard InChI is InChI=1S/C9H12N2O4/c1-3-5-10-6(9(14)15-4-2)7(12)8(13)11-5/h12H,3-4H2,1-2H3,(H,10,11,13). The molecule has 6 heteroatoms. The van der Waals surface area contributed by atoms with Crippen LogP contribution in [-0.4, -0.2) is 27.7 Å². The van der Waals surface area contributed by atoms with Crippen LogP contribution in [0.2, 0.25) is 0 Å². The summed E-state index contributed by atoms with van der Waals surface area (Å²) < 4.78 is 4.65. The molecule has 1 aromatic rings. The summed E-state index contributed by atoms with van der Waals surface area (Å²) in [6.45, 7) is 3.56. The Balaban J connectivity index is 3.21. The number of carbonyl (C=O) groups is 1. The van der Waals surface area contributed by atoms with Crippen LogP contribution in [0.3, 0.4) is 0 Å². The molecular weight excluding hydrogens is 200 g/mol. The average Bonchev–Trinajstić information content (AvgIpc) is 2.22. The molecule has 6 nitrogen and oxygen atoms in total. The summed E-state index contributed by atoms with van der Waals surface area (Å²) in [6, 6.07) is 0. The van der Waals surface area contributed by atoms with Gasteiger partial charge in [-0.25, -0.2) is 9.78 Å². The molecule has 1 heterocycles. The lowest BCUT2D eigenvalue weighted by atomic mass is 10.3. The van der Waals surface area contributed by atoms with E-state index in [4.69, 9.17) is 0 Å². The van der Waals surface area contributed by atoms with Crippen LogP contribution in [-0.2, 0) is 11.2 Å². The Morgan fingerprint density at radius 2 is 2.20 bits per heavy atom. The summed E-state index contributed by atoms with van der Waals surface area (Å²) in [6.07, 6.45) is 0.460. The molecule has 0 amide bonds. The fraction of sp³-hybridized carbons (Fsp3) is 0.444. The number of aryl methyl sites for hydroxylation is 1. The number of hydrogen-bond donors (Lipinski definition) is 2. The van der Waals surface area contributed by atoms with Crippen molar-refractivity contribution >= 4 is 5.97 Å². The first-order chi connectivity index (χ1) is 7.10. The van der Waals surface area contributed by atoms with E-state index in [9.17, 15) is 14.7 Å². The van der Waals surface area contributed by atoms with Crippen molar-refractivity contribution in [3.05, 3.63) is 21.9 Å². The molecule has 0 bridgehead atoms. The van der Waals surface area contributed by atoms with E-state index in [0.29, 0.717) is 12.2 Å². The van der Waals surface area contributed by atoms with E-state index in [1.807, 2.05) is 0 Å². The molecule has 0 radical (unpaired) electrons. The van der Waals surface area contributed by atoms with E-state index in [2.05, 4.69) is 14.7 Å². The number of rotatable bonds is 3. The third-order valence-electron chi connectivity index (χ3n) is 1.75. The van der Waals surface area contributed by atoms with Crippen molar-refractivity contribution in [2.75, 3.05) is 6.61 Å². The highest BCUT2D eigenvalue weighted by Gasteiger charge is 2.18. The van der Waals surface area contributed by atoms with Crippen molar-refractivity contribution in [2.24, 2.45) is 0 Å². The quantitative estimate of drug-likeness (QED) is 0.699. The number of aromatic nitrogens is 2. The van der Waals surface area contributed by atoms with E-state index >= 15 is 0 Å².